The van der Waals surface area contributed by atoms with Crippen LogP contribution in [0.5, 0.6) is 0 Å². The van der Waals surface area contributed by atoms with Crippen LogP contribution in [-0.4, -0.2) is 4.57 Å². The van der Waals surface area contributed by atoms with E-state index in [0.717, 1.165) is 0 Å². The first-order valence-electron chi connectivity index (χ1n) is 26.3. The molecular formula is C73H67N. The predicted molar refractivity (Wildman–Crippen MR) is 320 cm³/mol. The van der Waals surface area contributed by atoms with Crippen molar-refractivity contribution < 1.29 is 0 Å². The Morgan fingerprint density at radius 2 is 0.905 bits per heavy atom. The molecule has 0 aliphatic rings. The number of benzene rings is 10. The normalized spacial score (nSPS) is 12.6. The molecule has 0 spiro atoms. The maximum absolute atomic E-state index is 2.50. The van der Waals surface area contributed by atoms with Gasteiger partial charge in [0.05, 0.1) is 11.0 Å². The minimum absolute atomic E-state index is 0.0544. The summed E-state index contributed by atoms with van der Waals surface area (Å²) in [6.07, 6.45) is 2.50. The van der Waals surface area contributed by atoms with Crippen molar-refractivity contribution in [2.45, 2.75) is 60.8 Å². The molecule has 1 nitrogen and oxygen atoms in total. The van der Waals surface area contributed by atoms with Crippen LogP contribution in [0.25, 0.3) is 88.7 Å². The number of aryl methyl sites for hydroxylation is 2. The molecule has 1 atom stereocenters. The SMILES string of the molecule is C/C(=C\C(C)(c1cccc(-c2ccc(-c3ccccc3)cc2)c1)C(C)(C)C(C)C)c1ccccc1.Cc1ccccc1-c1cc(-c2ccc(-c3ccccc3)cc2)c2c3ccccc3n(-c3ccccc3)c2c1C. The summed E-state index contributed by atoms with van der Waals surface area (Å²) in [7, 11) is 0. The largest absolute Gasteiger partial charge is 0.309 e. The second-order valence-electron chi connectivity index (χ2n) is 21.1. The van der Waals surface area contributed by atoms with Gasteiger partial charge in [-0.15, -0.1) is 0 Å². The van der Waals surface area contributed by atoms with Gasteiger partial charge in [-0.1, -0.05) is 265 Å². The number of rotatable bonds is 11. The van der Waals surface area contributed by atoms with Crippen molar-refractivity contribution in [3.8, 4) is 61.3 Å². The van der Waals surface area contributed by atoms with Crippen molar-refractivity contribution in [2.24, 2.45) is 11.3 Å². The minimum atomic E-state index is -0.138. The standard InChI is InChI=1S/C38H29N.C35H38/c1-26-13-9-10-18-32(26)34-25-35(30-23-21-29(22-24-30)28-14-5-3-6-15-28)37-33-19-11-12-20-36(33)39(38(37)27(34)2)31-16-7-4-8-17-31;1-26(2)34(4,5)35(6,25-27(3)28-14-9-7-10-15-28)33-19-13-18-32(24-33)31-22-20-30(21-23-31)29-16-11-8-12-17-29/h3-25H,1-2H3;7-26H,1-6H3/b;27-25+. The molecule has 1 heterocycles. The summed E-state index contributed by atoms with van der Waals surface area (Å²) in [6, 6.07) is 89.8. The monoisotopic (exact) mass is 958 g/mol. The molecule has 74 heavy (non-hydrogen) atoms. The fourth-order valence-electron chi connectivity index (χ4n) is 11.0. The molecular weight excluding hydrogens is 891 g/mol. The van der Waals surface area contributed by atoms with Crippen LogP contribution in [0.1, 0.15) is 63.8 Å². The smallest absolute Gasteiger partial charge is 0.0582 e. The third-order valence-corrected chi connectivity index (χ3v) is 16.2. The molecule has 364 valence electrons. The van der Waals surface area contributed by atoms with Gasteiger partial charge in [0.15, 0.2) is 0 Å². The molecule has 1 heteroatoms. The summed E-state index contributed by atoms with van der Waals surface area (Å²) >= 11 is 0. The number of fused-ring (bicyclic) bond motifs is 3. The molecule has 0 saturated carbocycles. The molecule has 11 aromatic rings. The fourth-order valence-corrected chi connectivity index (χ4v) is 11.0. The van der Waals surface area contributed by atoms with E-state index in [1.54, 1.807) is 0 Å². The van der Waals surface area contributed by atoms with Crippen molar-refractivity contribution in [3.05, 3.63) is 277 Å². The van der Waals surface area contributed by atoms with Crippen molar-refractivity contribution in [1.29, 1.82) is 0 Å². The van der Waals surface area contributed by atoms with Gasteiger partial charge in [-0.2, -0.15) is 0 Å². The highest BCUT2D eigenvalue weighted by atomic mass is 15.0. The zero-order chi connectivity index (χ0) is 51.4. The lowest BCUT2D eigenvalue weighted by Crippen LogP contribution is -2.41. The maximum Gasteiger partial charge on any atom is 0.0582 e. The van der Waals surface area contributed by atoms with Gasteiger partial charge in [-0.25, -0.2) is 0 Å². The number of allylic oxidation sites excluding steroid dienone is 2. The van der Waals surface area contributed by atoms with Crippen molar-refractivity contribution in [2.75, 3.05) is 0 Å². The van der Waals surface area contributed by atoms with E-state index in [9.17, 15) is 0 Å². The van der Waals surface area contributed by atoms with Crippen LogP contribution in [0.2, 0.25) is 0 Å². The van der Waals surface area contributed by atoms with Gasteiger partial charge in [0, 0.05) is 21.9 Å². The third kappa shape index (κ3) is 9.59. The summed E-state index contributed by atoms with van der Waals surface area (Å²) in [5, 5.41) is 2.58. The van der Waals surface area contributed by atoms with Crippen molar-refractivity contribution >= 4 is 27.4 Å². The highest BCUT2D eigenvalue weighted by molar-refractivity contribution is 6.18. The van der Waals surface area contributed by atoms with Crippen LogP contribution in [-0.2, 0) is 5.41 Å². The zero-order valence-electron chi connectivity index (χ0n) is 44.3. The number of nitrogens with zero attached hydrogens (tertiary/aromatic N) is 1. The van der Waals surface area contributed by atoms with Gasteiger partial charge in [0.25, 0.3) is 0 Å². The zero-order valence-corrected chi connectivity index (χ0v) is 44.3. The van der Waals surface area contributed by atoms with Gasteiger partial charge in [0.1, 0.15) is 0 Å². The third-order valence-electron chi connectivity index (χ3n) is 16.2. The molecule has 0 amide bonds. The lowest BCUT2D eigenvalue weighted by molar-refractivity contribution is 0.149. The van der Waals surface area contributed by atoms with Crippen LogP contribution in [0, 0.1) is 25.2 Å². The molecule has 0 radical (unpaired) electrons. The maximum atomic E-state index is 2.50. The van der Waals surface area contributed by atoms with Crippen molar-refractivity contribution in [3.63, 3.8) is 0 Å². The Hall–Kier alpha value is -8.26. The molecule has 1 unspecified atom stereocenters. The lowest BCUT2D eigenvalue weighted by Gasteiger charge is -2.46. The first-order chi connectivity index (χ1) is 35.9. The van der Waals surface area contributed by atoms with Crippen molar-refractivity contribution in [1.82, 2.24) is 4.57 Å². The molecule has 0 aliphatic heterocycles. The highest BCUT2D eigenvalue weighted by Gasteiger charge is 2.43. The Bertz CT molecular complexity index is 3710. The quantitative estimate of drug-likeness (QED) is 0.122. The van der Waals surface area contributed by atoms with Crippen LogP contribution >= 0.6 is 0 Å². The molecule has 0 aliphatic carbocycles. The van der Waals surface area contributed by atoms with E-state index < -0.39 is 0 Å². The topological polar surface area (TPSA) is 4.93 Å². The average molecular weight is 958 g/mol. The van der Waals surface area contributed by atoms with Gasteiger partial charge in [0.2, 0.25) is 0 Å². The Balaban J connectivity index is 0.000000171. The summed E-state index contributed by atoms with van der Waals surface area (Å²) in [5.41, 5.74) is 22.7. The Kier molecular flexibility index (Phi) is 14.0. The highest BCUT2D eigenvalue weighted by Crippen LogP contribution is 2.50. The first kappa shape index (κ1) is 49.3. The molecule has 0 N–H and O–H groups in total. The van der Waals surface area contributed by atoms with E-state index >= 15 is 0 Å². The average Bonchev–Trinajstić information content (AvgIpc) is 3.81. The number of hydrogen-bond donors (Lipinski definition) is 0. The van der Waals surface area contributed by atoms with E-state index in [2.05, 4.69) is 315 Å². The fraction of sp³-hybridized carbons (Fsp3) is 0.151. The Morgan fingerprint density at radius 3 is 1.49 bits per heavy atom. The van der Waals surface area contributed by atoms with E-state index in [0.29, 0.717) is 5.92 Å². The van der Waals surface area contributed by atoms with Crippen LogP contribution < -0.4 is 0 Å². The Labute approximate surface area is 440 Å². The van der Waals surface area contributed by atoms with Gasteiger partial charge in [-0.05, 0) is 140 Å². The molecule has 0 fully saturated rings. The van der Waals surface area contributed by atoms with Gasteiger partial charge in [-0.3, -0.25) is 0 Å². The summed E-state index contributed by atoms with van der Waals surface area (Å²) in [4.78, 5) is 0. The van der Waals surface area contributed by atoms with Crippen LogP contribution in [0.3, 0.4) is 0 Å². The summed E-state index contributed by atoms with van der Waals surface area (Å²) < 4.78 is 2.45. The van der Waals surface area contributed by atoms with Crippen LogP contribution in [0.4, 0.5) is 0 Å². The summed E-state index contributed by atoms with van der Waals surface area (Å²) in [5.74, 6) is 0.515. The number of aromatic nitrogens is 1. The van der Waals surface area contributed by atoms with E-state index in [1.165, 1.54) is 111 Å². The molecule has 10 aromatic carbocycles. The molecule has 1 aromatic heterocycles. The van der Waals surface area contributed by atoms with Gasteiger partial charge >= 0.3 is 0 Å². The molecule has 0 bridgehead atoms. The lowest BCUT2D eigenvalue weighted by atomic mass is 9.57. The molecule has 0 saturated heterocycles. The predicted octanol–water partition coefficient (Wildman–Crippen LogP) is 20.5. The Morgan fingerprint density at radius 1 is 0.432 bits per heavy atom. The minimum Gasteiger partial charge on any atom is -0.309 e. The molecule has 11 rings (SSSR count). The summed E-state index contributed by atoms with van der Waals surface area (Å²) in [6.45, 7) is 18.7. The van der Waals surface area contributed by atoms with Crippen LogP contribution in [0.15, 0.2) is 255 Å². The van der Waals surface area contributed by atoms with E-state index in [-0.39, 0.29) is 10.8 Å². The first-order valence-corrected chi connectivity index (χ1v) is 26.3. The second kappa shape index (κ2) is 21.1. The van der Waals surface area contributed by atoms with E-state index in [1.807, 2.05) is 0 Å². The number of para-hydroxylation sites is 2. The van der Waals surface area contributed by atoms with Gasteiger partial charge < -0.3 is 4.57 Å². The number of hydrogen-bond acceptors (Lipinski definition) is 0. The second-order valence-corrected chi connectivity index (χ2v) is 21.1. The van der Waals surface area contributed by atoms with E-state index in [4.69, 9.17) is 0 Å².